The molecule has 0 aliphatic rings. The molecule has 0 spiro atoms. The molecule has 0 saturated heterocycles. The van der Waals surface area contributed by atoms with Crippen molar-refractivity contribution in [2.45, 2.75) is 0 Å². The van der Waals surface area contributed by atoms with Crippen molar-refractivity contribution in [2.75, 3.05) is 0 Å². The maximum atomic E-state index is 0. The molecule has 6 heavy (non-hydrogen) atoms. The van der Waals surface area contributed by atoms with Crippen LogP contribution in [0.3, 0.4) is 0 Å². The van der Waals surface area contributed by atoms with Crippen LogP contribution in [0.1, 0.15) is 0 Å². The van der Waals surface area contributed by atoms with E-state index in [4.69, 9.17) is 0 Å². The largest absolute Gasteiger partial charge is 0.412 e. The van der Waals surface area contributed by atoms with Crippen LogP contribution in [0.15, 0.2) is 0 Å². The van der Waals surface area contributed by atoms with Crippen molar-refractivity contribution in [3.05, 3.63) is 0 Å². The smallest absolute Gasteiger partial charge is 0 e. The van der Waals surface area contributed by atoms with E-state index in [1.807, 2.05) is 0 Å². The van der Waals surface area contributed by atoms with Gasteiger partial charge >= 0.3 is 0 Å². The van der Waals surface area contributed by atoms with Crippen molar-refractivity contribution in [3.8, 4) is 0 Å². The molecule has 0 fully saturated rings. The molecule has 0 heterocycles. The van der Waals surface area contributed by atoms with Gasteiger partial charge < -0.3 is 16.4 Å². The molecule has 0 rings (SSSR count). The monoisotopic (exact) mass is 272 g/mol. The third kappa shape index (κ3) is 56.3. The number of hydrogen-bond donors (Lipinski definition) is 0. The van der Waals surface area contributed by atoms with Gasteiger partial charge in [0.25, 0.3) is 0 Å². The standard InChI is InChI=1S/2BrH.Ni.3H2O/h2*1H;;3*1H2. The molecule has 6 heteroatoms. The van der Waals surface area contributed by atoms with Gasteiger partial charge in [-0.25, -0.2) is 0 Å². The van der Waals surface area contributed by atoms with Crippen LogP contribution in [0.4, 0.5) is 0 Å². The molecule has 0 aromatic heterocycles. The van der Waals surface area contributed by atoms with Crippen LogP contribution >= 0.6 is 34.0 Å². The van der Waals surface area contributed by atoms with E-state index in [1.54, 1.807) is 0 Å². The van der Waals surface area contributed by atoms with Crippen LogP contribution in [0.2, 0.25) is 0 Å². The van der Waals surface area contributed by atoms with Crippen molar-refractivity contribution in [1.29, 1.82) is 0 Å². The molecule has 0 amide bonds. The van der Waals surface area contributed by atoms with Crippen LogP contribution in [-0.4, -0.2) is 16.4 Å². The van der Waals surface area contributed by atoms with E-state index >= 15 is 0 Å². The summed E-state index contributed by atoms with van der Waals surface area (Å²) < 4.78 is 0. The fourth-order valence-corrected chi connectivity index (χ4v) is 0. The van der Waals surface area contributed by atoms with E-state index in [9.17, 15) is 0 Å². The summed E-state index contributed by atoms with van der Waals surface area (Å²) in [5, 5.41) is 0. The first kappa shape index (κ1) is 165. The van der Waals surface area contributed by atoms with Gasteiger partial charge in [0.2, 0.25) is 0 Å². The van der Waals surface area contributed by atoms with E-state index in [0.717, 1.165) is 0 Å². The predicted octanol–water partition coefficient (Wildman–Crippen LogP) is -1.32. The topological polar surface area (TPSA) is 94.5 Å². The maximum Gasteiger partial charge on any atom is 0 e. The van der Waals surface area contributed by atoms with Crippen LogP contribution in [0.5, 0.6) is 0 Å². The van der Waals surface area contributed by atoms with E-state index < -0.39 is 0 Å². The fraction of sp³-hybridized carbons (Fsp3) is 0. The minimum atomic E-state index is 0. The Morgan fingerprint density at radius 3 is 0.500 bits per heavy atom. The van der Waals surface area contributed by atoms with Gasteiger partial charge in [-0.3, -0.25) is 0 Å². The fourth-order valence-electron chi connectivity index (χ4n) is 0. The second-order valence-corrected chi connectivity index (χ2v) is 0. The van der Waals surface area contributed by atoms with Crippen LogP contribution < -0.4 is 0 Å². The van der Waals surface area contributed by atoms with Crippen molar-refractivity contribution < 1.29 is 32.9 Å². The van der Waals surface area contributed by atoms with Crippen molar-refractivity contribution in [3.63, 3.8) is 0 Å². The average molecular weight is 275 g/mol. The molecule has 0 atom stereocenters. The van der Waals surface area contributed by atoms with Crippen LogP contribution in [0, 0.1) is 0 Å². The molecule has 0 aliphatic carbocycles. The molecule has 0 aromatic rings. The minimum Gasteiger partial charge on any atom is -0.412 e. The average Bonchev–Trinajstić information content (AvgIpc) is 0. The van der Waals surface area contributed by atoms with Gasteiger partial charge in [-0.05, 0) is 0 Å². The molecule has 0 aliphatic heterocycles. The van der Waals surface area contributed by atoms with Gasteiger partial charge in [0.05, 0.1) is 0 Å². The Labute approximate surface area is 66.9 Å². The van der Waals surface area contributed by atoms with E-state index in [0.29, 0.717) is 0 Å². The summed E-state index contributed by atoms with van der Waals surface area (Å²) in [6.07, 6.45) is 0. The molecule has 0 unspecified atom stereocenters. The molecular formula is H8Br2NiO3. The summed E-state index contributed by atoms with van der Waals surface area (Å²) in [6, 6.07) is 0. The quantitative estimate of drug-likeness (QED) is 0.490. The van der Waals surface area contributed by atoms with Gasteiger partial charge in [0.15, 0.2) is 0 Å². The third-order valence-electron chi connectivity index (χ3n) is 0. The molecular weight excluding hydrogens is 266 g/mol. The van der Waals surface area contributed by atoms with Crippen molar-refractivity contribution in [1.82, 2.24) is 0 Å². The summed E-state index contributed by atoms with van der Waals surface area (Å²) in [7, 11) is 0. The second-order valence-electron chi connectivity index (χ2n) is 0. The molecule has 0 aromatic carbocycles. The zero-order valence-electron chi connectivity index (χ0n) is 2.63. The second kappa shape index (κ2) is 101. The van der Waals surface area contributed by atoms with Gasteiger partial charge in [-0.2, -0.15) is 0 Å². The van der Waals surface area contributed by atoms with Crippen LogP contribution in [0.25, 0.3) is 0 Å². The Morgan fingerprint density at radius 2 is 0.500 bits per heavy atom. The Morgan fingerprint density at radius 1 is 0.500 bits per heavy atom. The van der Waals surface area contributed by atoms with E-state index in [1.165, 1.54) is 0 Å². The summed E-state index contributed by atoms with van der Waals surface area (Å²) in [5.41, 5.74) is 0. The Kier molecular flexibility index (Phi) is 2790. The summed E-state index contributed by atoms with van der Waals surface area (Å²) in [5.74, 6) is 0. The SMILES string of the molecule is Br.Br.O.O.O.[Ni]. The summed E-state index contributed by atoms with van der Waals surface area (Å²) in [6.45, 7) is 0. The molecule has 6 N–H and O–H groups in total. The molecule has 3 nitrogen and oxygen atoms in total. The maximum absolute atomic E-state index is 0. The summed E-state index contributed by atoms with van der Waals surface area (Å²) >= 11 is 0. The Hall–Kier alpha value is 1.33. The van der Waals surface area contributed by atoms with Gasteiger partial charge in [-0.15, -0.1) is 34.0 Å². The van der Waals surface area contributed by atoms with Gasteiger partial charge in [-0.1, -0.05) is 0 Å². The van der Waals surface area contributed by atoms with Crippen molar-refractivity contribution in [2.24, 2.45) is 0 Å². The Bertz CT molecular complexity index is 8.75. The summed E-state index contributed by atoms with van der Waals surface area (Å²) in [4.78, 5) is 0. The first-order valence-electron chi connectivity index (χ1n) is 0. The number of rotatable bonds is 0. The molecule has 0 saturated carbocycles. The molecule has 0 bridgehead atoms. The third-order valence-corrected chi connectivity index (χ3v) is 0. The molecule has 0 radical (unpaired) electrons. The Balaban J connectivity index is 0. The molecule has 50 valence electrons. The normalized spacial score (nSPS) is 0. The van der Waals surface area contributed by atoms with Gasteiger partial charge in [0.1, 0.15) is 0 Å². The first-order chi connectivity index (χ1) is 0. The predicted molar refractivity (Wildman–Crippen MR) is 31.5 cm³/mol. The van der Waals surface area contributed by atoms with Crippen LogP contribution in [-0.2, 0) is 16.5 Å². The van der Waals surface area contributed by atoms with Crippen molar-refractivity contribution >= 4 is 34.0 Å². The zero-order chi connectivity index (χ0) is 0. The van der Waals surface area contributed by atoms with Gasteiger partial charge in [0, 0.05) is 16.5 Å². The van der Waals surface area contributed by atoms with E-state index in [-0.39, 0.29) is 66.9 Å². The minimum absolute atomic E-state index is 0. The van der Waals surface area contributed by atoms with E-state index in [2.05, 4.69) is 0 Å². The number of halogens is 2. The first-order valence-corrected chi connectivity index (χ1v) is 0. The zero-order valence-corrected chi connectivity index (χ0v) is 7.05. The number of hydrogen-bond acceptors (Lipinski definition) is 0.